The van der Waals surface area contributed by atoms with Crippen molar-refractivity contribution in [3.63, 3.8) is 0 Å². The maximum Gasteiger partial charge on any atom is 0.330 e. The first-order chi connectivity index (χ1) is 9.86. The van der Waals surface area contributed by atoms with Crippen molar-refractivity contribution in [3.05, 3.63) is 45.3 Å². The Morgan fingerprint density at radius 3 is 2.71 bits per heavy atom. The third-order valence-corrected chi connectivity index (χ3v) is 4.93. The van der Waals surface area contributed by atoms with Crippen LogP contribution in [0, 0.1) is 18.8 Å². The van der Waals surface area contributed by atoms with E-state index in [1.54, 1.807) is 13.1 Å². The van der Waals surface area contributed by atoms with Crippen molar-refractivity contribution in [2.75, 3.05) is 0 Å². The molecule has 1 aromatic heterocycles. The van der Waals surface area contributed by atoms with E-state index in [9.17, 15) is 9.59 Å². The Morgan fingerprint density at radius 1 is 1.48 bits per heavy atom. The van der Waals surface area contributed by atoms with Crippen LogP contribution < -0.4 is 11.2 Å². The van der Waals surface area contributed by atoms with Gasteiger partial charge in [0.05, 0.1) is 5.60 Å². The number of nitrogens with one attached hydrogen (secondary N) is 1. The molecule has 4 unspecified atom stereocenters. The minimum Gasteiger partial charge on any atom is -0.351 e. The molecule has 0 saturated carbocycles. The Bertz CT molecular complexity index is 646. The van der Waals surface area contributed by atoms with E-state index in [-0.39, 0.29) is 23.3 Å². The second kappa shape index (κ2) is 5.64. The zero-order valence-electron chi connectivity index (χ0n) is 13.2. The Morgan fingerprint density at radius 2 is 2.14 bits per heavy atom. The summed E-state index contributed by atoms with van der Waals surface area (Å²) >= 11 is 0. The number of rotatable bonds is 4. The molecule has 1 aliphatic heterocycles. The van der Waals surface area contributed by atoms with Crippen molar-refractivity contribution in [2.45, 2.75) is 52.4 Å². The van der Waals surface area contributed by atoms with Gasteiger partial charge in [0.1, 0.15) is 6.23 Å². The number of aryl methyl sites for hydroxylation is 1. The number of nitrogens with zero attached hydrogens (tertiary/aromatic N) is 1. The highest BCUT2D eigenvalue weighted by Crippen LogP contribution is 2.48. The van der Waals surface area contributed by atoms with Gasteiger partial charge >= 0.3 is 5.69 Å². The van der Waals surface area contributed by atoms with Crippen LogP contribution in [0.15, 0.2) is 28.4 Å². The molecule has 1 fully saturated rings. The third kappa shape index (κ3) is 2.50. The van der Waals surface area contributed by atoms with Gasteiger partial charge in [-0.15, -0.1) is 6.58 Å². The molecule has 1 N–H and O–H groups in total. The molecule has 0 radical (unpaired) electrons. The molecule has 1 saturated heterocycles. The predicted octanol–water partition coefficient (Wildman–Crippen LogP) is 2.37. The predicted molar refractivity (Wildman–Crippen MR) is 82.3 cm³/mol. The van der Waals surface area contributed by atoms with Gasteiger partial charge in [0.15, 0.2) is 0 Å². The van der Waals surface area contributed by atoms with Gasteiger partial charge < -0.3 is 4.74 Å². The maximum absolute atomic E-state index is 12.1. The quantitative estimate of drug-likeness (QED) is 0.867. The molecular formula is C16H24N2O3. The van der Waals surface area contributed by atoms with Gasteiger partial charge in [0.2, 0.25) is 0 Å². The summed E-state index contributed by atoms with van der Waals surface area (Å²) in [5.41, 5.74) is -0.547. The van der Waals surface area contributed by atoms with Gasteiger partial charge in [-0.3, -0.25) is 14.3 Å². The van der Waals surface area contributed by atoms with E-state index in [1.165, 1.54) is 4.57 Å². The molecule has 4 atom stereocenters. The summed E-state index contributed by atoms with van der Waals surface area (Å²) in [6, 6.07) is 0. The van der Waals surface area contributed by atoms with Crippen LogP contribution in [0.4, 0.5) is 0 Å². The van der Waals surface area contributed by atoms with Gasteiger partial charge in [0.25, 0.3) is 5.56 Å². The lowest BCUT2D eigenvalue weighted by Gasteiger charge is -2.31. The first kappa shape index (κ1) is 15.8. The molecule has 2 rings (SSSR count). The van der Waals surface area contributed by atoms with E-state index in [0.717, 1.165) is 12.8 Å². The molecule has 0 bridgehead atoms. The molecule has 0 amide bonds. The van der Waals surface area contributed by atoms with Gasteiger partial charge in [-0.1, -0.05) is 26.8 Å². The van der Waals surface area contributed by atoms with Crippen LogP contribution >= 0.6 is 0 Å². The van der Waals surface area contributed by atoms with Crippen LogP contribution in [0.2, 0.25) is 0 Å². The molecule has 0 aromatic carbocycles. The van der Waals surface area contributed by atoms with Crippen molar-refractivity contribution in [1.29, 1.82) is 0 Å². The summed E-state index contributed by atoms with van der Waals surface area (Å²) in [4.78, 5) is 26.0. The molecular weight excluding hydrogens is 268 g/mol. The normalized spacial score (nSPS) is 32.3. The molecule has 0 spiro atoms. The molecule has 5 heteroatoms. The fraction of sp³-hybridized carbons (Fsp3) is 0.625. The van der Waals surface area contributed by atoms with Gasteiger partial charge in [-0.05, 0) is 25.7 Å². The summed E-state index contributed by atoms with van der Waals surface area (Å²) in [6.07, 6.45) is 4.72. The SMILES string of the molecule is C=CCC1(CC)OC(n2cc(C)c(=O)[nH]c2=O)C(C)C1C. The molecule has 21 heavy (non-hydrogen) atoms. The van der Waals surface area contributed by atoms with Crippen LogP contribution in [0.25, 0.3) is 0 Å². The maximum atomic E-state index is 12.1. The standard InChI is InChI=1S/C16H24N2O3/c1-6-8-16(7-2)12(5)11(4)14(21-16)18-9-10(3)13(19)17-15(18)20/h6,9,11-12,14H,1,7-8H2,2-5H3,(H,17,19,20). The zero-order valence-corrected chi connectivity index (χ0v) is 13.2. The van der Waals surface area contributed by atoms with E-state index >= 15 is 0 Å². The number of H-pyrrole nitrogens is 1. The van der Waals surface area contributed by atoms with Crippen molar-refractivity contribution < 1.29 is 4.74 Å². The van der Waals surface area contributed by atoms with E-state index in [1.807, 2.05) is 6.08 Å². The highest BCUT2D eigenvalue weighted by Gasteiger charge is 2.49. The van der Waals surface area contributed by atoms with Crippen molar-refractivity contribution >= 4 is 0 Å². The monoisotopic (exact) mass is 292 g/mol. The molecule has 0 aliphatic carbocycles. The summed E-state index contributed by atoms with van der Waals surface area (Å²) in [6.45, 7) is 11.8. The topological polar surface area (TPSA) is 64.1 Å². The minimum atomic E-state index is -0.417. The minimum absolute atomic E-state index is 0.174. The molecule has 5 nitrogen and oxygen atoms in total. The van der Waals surface area contributed by atoms with Gasteiger partial charge in [-0.25, -0.2) is 4.79 Å². The fourth-order valence-corrected chi connectivity index (χ4v) is 3.29. The lowest BCUT2D eigenvalue weighted by molar-refractivity contribution is -0.0882. The van der Waals surface area contributed by atoms with E-state index in [0.29, 0.717) is 11.5 Å². The number of aromatic amines is 1. The Labute approximate surface area is 124 Å². The summed E-state index contributed by atoms with van der Waals surface area (Å²) < 4.78 is 7.81. The lowest BCUT2D eigenvalue weighted by Crippen LogP contribution is -2.36. The Hall–Kier alpha value is -1.62. The number of ether oxygens (including phenoxy) is 1. The van der Waals surface area contributed by atoms with Gasteiger partial charge in [-0.2, -0.15) is 0 Å². The van der Waals surface area contributed by atoms with E-state index in [4.69, 9.17) is 4.74 Å². The van der Waals surface area contributed by atoms with Crippen molar-refractivity contribution in [1.82, 2.24) is 9.55 Å². The van der Waals surface area contributed by atoms with Crippen LogP contribution in [0.5, 0.6) is 0 Å². The third-order valence-electron chi connectivity index (χ3n) is 4.93. The Balaban J connectivity index is 2.47. The number of aromatic nitrogens is 2. The van der Waals surface area contributed by atoms with E-state index in [2.05, 4.69) is 32.3 Å². The van der Waals surface area contributed by atoms with Crippen molar-refractivity contribution in [2.24, 2.45) is 11.8 Å². The number of hydrogen-bond acceptors (Lipinski definition) is 3. The van der Waals surface area contributed by atoms with Gasteiger partial charge in [0, 0.05) is 17.7 Å². The van der Waals surface area contributed by atoms with E-state index < -0.39 is 5.69 Å². The fourth-order valence-electron chi connectivity index (χ4n) is 3.29. The average molecular weight is 292 g/mol. The number of hydrogen-bond donors (Lipinski definition) is 1. The summed E-state index contributed by atoms with van der Waals surface area (Å²) in [5, 5.41) is 0. The molecule has 2 heterocycles. The summed E-state index contributed by atoms with van der Waals surface area (Å²) in [5.74, 6) is 0.470. The summed E-state index contributed by atoms with van der Waals surface area (Å²) in [7, 11) is 0. The van der Waals surface area contributed by atoms with Crippen LogP contribution in [0.3, 0.4) is 0 Å². The molecule has 1 aliphatic rings. The second-order valence-corrected chi connectivity index (χ2v) is 6.05. The average Bonchev–Trinajstić information content (AvgIpc) is 2.69. The Kier molecular flexibility index (Phi) is 4.23. The smallest absolute Gasteiger partial charge is 0.330 e. The highest BCUT2D eigenvalue weighted by molar-refractivity contribution is 5.04. The molecule has 1 aromatic rings. The van der Waals surface area contributed by atoms with Crippen molar-refractivity contribution in [3.8, 4) is 0 Å². The first-order valence-electron chi connectivity index (χ1n) is 7.47. The largest absolute Gasteiger partial charge is 0.351 e. The highest BCUT2D eigenvalue weighted by atomic mass is 16.5. The van der Waals surface area contributed by atoms with Crippen LogP contribution in [-0.4, -0.2) is 15.2 Å². The van der Waals surface area contributed by atoms with Crippen LogP contribution in [0.1, 0.15) is 45.4 Å². The second-order valence-electron chi connectivity index (χ2n) is 6.05. The van der Waals surface area contributed by atoms with Crippen LogP contribution in [-0.2, 0) is 4.74 Å². The lowest BCUT2D eigenvalue weighted by atomic mass is 9.79. The molecule has 116 valence electrons. The zero-order chi connectivity index (χ0) is 15.8. The first-order valence-corrected chi connectivity index (χ1v) is 7.47.